The number of rotatable bonds is 3. The normalized spacial score (nSPS) is 16.6. The number of nitrogens with zero attached hydrogens (tertiary/aromatic N) is 3. The summed E-state index contributed by atoms with van der Waals surface area (Å²) in [6, 6.07) is 6.05. The smallest absolute Gasteiger partial charge is 0.253 e. The molecule has 0 saturated heterocycles. The molecule has 6 heteroatoms. The Bertz CT molecular complexity index is 950. The van der Waals surface area contributed by atoms with Crippen LogP contribution >= 0.6 is 0 Å². The number of nitrogens with one attached hydrogen (secondary N) is 1. The maximum atomic E-state index is 13.9. The van der Waals surface area contributed by atoms with Crippen molar-refractivity contribution < 1.29 is 9.18 Å². The van der Waals surface area contributed by atoms with E-state index in [0.29, 0.717) is 16.5 Å². The Morgan fingerprint density at radius 2 is 2.28 bits per heavy atom. The molecular weight excluding hydrogens is 319 g/mol. The summed E-state index contributed by atoms with van der Waals surface area (Å²) in [6.45, 7) is 2.88. The van der Waals surface area contributed by atoms with Gasteiger partial charge in [-0.2, -0.15) is 5.10 Å². The third-order valence-corrected chi connectivity index (χ3v) is 4.83. The number of aromatic nitrogens is 3. The zero-order valence-corrected chi connectivity index (χ0v) is 14.0. The monoisotopic (exact) mass is 338 g/mol. The predicted molar refractivity (Wildman–Crippen MR) is 92.7 cm³/mol. The Kier molecular flexibility index (Phi) is 3.95. The molecule has 1 N–H and O–H groups in total. The van der Waals surface area contributed by atoms with Gasteiger partial charge in [0.25, 0.3) is 5.91 Å². The number of hydrogen-bond acceptors (Lipinski definition) is 3. The third kappa shape index (κ3) is 2.67. The van der Waals surface area contributed by atoms with Crippen LogP contribution in [0.2, 0.25) is 0 Å². The fourth-order valence-corrected chi connectivity index (χ4v) is 3.60. The largest absolute Gasteiger partial charge is 0.345 e. The van der Waals surface area contributed by atoms with Crippen LogP contribution in [0, 0.1) is 5.82 Å². The summed E-state index contributed by atoms with van der Waals surface area (Å²) in [4.78, 5) is 17.0. The lowest BCUT2D eigenvalue weighted by Gasteiger charge is -2.24. The van der Waals surface area contributed by atoms with Gasteiger partial charge in [-0.1, -0.05) is 0 Å². The summed E-state index contributed by atoms with van der Waals surface area (Å²) < 4.78 is 15.9. The van der Waals surface area contributed by atoms with Crippen LogP contribution in [0.5, 0.6) is 0 Å². The second kappa shape index (κ2) is 6.27. The van der Waals surface area contributed by atoms with Crippen molar-refractivity contribution in [1.29, 1.82) is 0 Å². The molecule has 1 aliphatic rings. The molecule has 0 spiro atoms. The summed E-state index contributed by atoms with van der Waals surface area (Å²) in [6.07, 6.45) is 6.29. The van der Waals surface area contributed by atoms with Crippen LogP contribution in [0.15, 0.2) is 36.7 Å². The first kappa shape index (κ1) is 15.7. The van der Waals surface area contributed by atoms with Crippen molar-refractivity contribution in [3.63, 3.8) is 0 Å². The van der Waals surface area contributed by atoms with Crippen LogP contribution < -0.4 is 5.32 Å². The molecule has 3 aromatic rings. The number of carbonyl (C=O) groups excluding carboxylic acids is 1. The number of aryl methyl sites for hydroxylation is 1. The van der Waals surface area contributed by atoms with E-state index in [-0.39, 0.29) is 17.8 Å². The van der Waals surface area contributed by atoms with Crippen molar-refractivity contribution in [2.75, 3.05) is 0 Å². The minimum atomic E-state index is -0.371. The second-order valence-corrected chi connectivity index (χ2v) is 6.28. The molecule has 25 heavy (non-hydrogen) atoms. The topological polar surface area (TPSA) is 59.8 Å². The summed E-state index contributed by atoms with van der Waals surface area (Å²) in [5.74, 6) is -0.602. The van der Waals surface area contributed by atoms with Crippen LogP contribution in [-0.4, -0.2) is 20.7 Å². The number of benzene rings is 1. The molecule has 0 saturated carbocycles. The molecule has 0 bridgehead atoms. The van der Waals surface area contributed by atoms with E-state index >= 15 is 0 Å². The Morgan fingerprint density at radius 3 is 3.12 bits per heavy atom. The number of fused-ring (bicyclic) bond motifs is 2. The number of halogens is 1. The van der Waals surface area contributed by atoms with Crippen LogP contribution in [0.25, 0.3) is 10.9 Å². The Balaban J connectivity index is 1.66. The molecule has 1 unspecified atom stereocenters. The first-order chi connectivity index (χ1) is 12.2. The van der Waals surface area contributed by atoms with Gasteiger partial charge in [-0.15, -0.1) is 0 Å². The fraction of sp³-hybridized carbons (Fsp3) is 0.316. The van der Waals surface area contributed by atoms with Crippen LogP contribution in [0.3, 0.4) is 0 Å². The van der Waals surface area contributed by atoms with Crippen molar-refractivity contribution in [3.05, 3.63) is 59.3 Å². The van der Waals surface area contributed by atoms with Crippen molar-refractivity contribution >= 4 is 16.8 Å². The average Bonchev–Trinajstić information content (AvgIpc) is 3.06. The second-order valence-electron chi connectivity index (χ2n) is 6.28. The number of amides is 1. The van der Waals surface area contributed by atoms with Crippen LogP contribution in [0.1, 0.15) is 47.4 Å². The molecule has 1 atom stereocenters. The van der Waals surface area contributed by atoms with Crippen molar-refractivity contribution in [3.8, 4) is 0 Å². The van der Waals surface area contributed by atoms with Gasteiger partial charge in [-0.05, 0) is 50.5 Å². The molecule has 5 nitrogen and oxygen atoms in total. The lowest BCUT2D eigenvalue weighted by Crippen LogP contribution is -2.31. The van der Waals surface area contributed by atoms with Gasteiger partial charge in [0.1, 0.15) is 5.82 Å². The van der Waals surface area contributed by atoms with E-state index in [2.05, 4.69) is 22.3 Å². The molecule has 1 aliphatic carbocycles. The van der Waals surface area contributed by atoms with Gasteiger partial charge in [0.05, 0.1) is 23.3 Å². The summed E-state index contributed by atoms with van der Waals surface area (Å²) in [7, 11) is 0. The van der Waals surface area contributed by atoms with E-state index in [1.807, 2.05) is 10.9 Å². The minimum Gasteiger partial charge on any atom is -0.345 e. The Morgan fingerprint density at radius 1 is 1.40 bits per heavy atom. The molecule has 4 rings (SSSR count). The Labute approximate surface area is 144 Å². The third-order valence-electron chi connectivity index (χ3n) is 4.83. The van der Waals surface area contributed by atoms with Crippen molar-refractivity contribution in [2.24, 2.45) is 0 Å². The number of pyridine rings is 1. The lowest BCUT2D eigenvalue weighted by atomic mass is 9.92. The molecule has 0 fully saturated rings. The number of hydrogen-bond donors (Lipinski definition) is 1. The standard InChI is InChI=1S/C19H19FN4O/c1-2-24-17-7-3-6-16(14(17)11-22-24)23-19(25)13-8-9-15(20)12-5-4-10-21-18(12)13/h4-5,8-11,16H,2-3,6-7H2,1H3,(H,23,25). The average molecular weight is 338 g/mol. The SMILES string of the molecule is CCn1ncc2c1CCCC2NC(=O)c1ccc(F)c2cccnc12. The van der Waals surface area contributed by atoms with Gasteiger partial charge in [0, 0.05) is 29.4 Å². The molecule has 2 heterocycles. The molecule has 1 amide bonds. The molecule has 2 aromatic heterocycles. The van der Waals surface area contributed by atoms with Gasteiger partial charge in [-0.3, -0.25) is 14.5 Å². The molecule has 0 radical (unpaired) electrons. The molecule has 0 aliphatic heterocycles. The van der Waals surface area contributed by atoms with E-state index in [1.165, 1.54) is 17.8 Å². The highest BCUT2D eigenvalue weighted by atomic mass is 19.1. The fourth-order valence-electron chi connectivity index (χ4n) is 3.60. The quantitative estimate of drug-likeness (QED) is 0.796. The van der Waals surface area contributed by atoms with E-state index in [9.17, 15) is 9.18 Å². The minimum absolute atomic E-state index is 0.0691. The van der Waals surface area contributed by atoms with Crippen molar-refractivity contribution in [1.82, 2.24) is 20.1 Å². The molecule has 1 aromatic carbocycles. The Hall–Kier alpha value is -2.76. The van der Waals surface area contributed by atoms with Gasteiger partial charge in [0.15, 0.2) is 0 Å². The van der Waals surface area contributed by atoms with Gasteiger partial charge >= 0.3 is 0 Å². The van der Waals surface area contributed by atoms with Gasteiger partial charge < -0.3 is 5.32 Å². The predicted octanol–water partition coefficient (Wildman–Crippen LogP) is 3.40. The van der Waals surface area contributed by atoms with E-state index in [1.54, 1.807) is 18.3 Å². The van der Waals surface area contributed by atoms with Crippen LogP contribution in [0.4, 0.5) is 4.39 Å². The number of carbonyl (C=O) groups is 1. The maximum Gasteiger partial charge on any atom is 0.253 e. The van der Waals surface area contributed by atoms with Crippen molar-refractivity contribution in [2.45, 2.75) is 38.8 Å². The van der Waals surface area contributed by atoms with E-state index in [4.69, 9.17) is 0 Å². The maximum absolute atomic E-state index is 13.9. The highest BCUT2D eigenvalue weighted by Crippen LogP contribution is 2.30. The van der Waals surface area contributed by atoms with Gasteiger partial charge in [0.2, 0.25) is 0 Å². The first-order valence-electron chi connectivity index (χ1n) is 8.57. The lowest BCUT2D eigenvalue weighted by molar-refractivity contribution is 0.0934. The van der Waals surface area contributed by atoms with E-state index < -0.39 is 0 Å². The molecule has 128 valence electrons. The highest BCUT2D eigenvalue weighted by Gasteiger charge is 2.26. The highest BCUT2D eigenvalue weighted by molar-refractivity contribution is 6.05. The zero-order chi connectivity index (χ0) is 17.4. The molecular formula is C19H19FN4O. The summed E-state index contributed by atoms with van der Waals surface area (Å²) >= 11 is 0. The van der Waals surface area contributed by atoms with Gasteiger partial charge in [-0.25, -0.2) is 4.39 Å². The summed E-state index contributed by atoms with van der Waals surface area (Å²) in [5, 5.41) is 7.86. The van der Waals surface area contributed by atoms with E-state index in [0.717, 1.165) is 31.4 Å². The summed E-state index contributed by atoms with van der Waals surface area (Å²) in [5.41, 5.74) is 3.06. The zero-order valence-electron chi connectivity index (χ0n) is 14.0. The first-order valence-corrected chi connectivity index (χ1v) is 8.57. The van der Waals surface area contributed by atoms with Crippen LogP contribution in [-0.2, 0) is 13.0 Å².